The third-order valence-corrected chi connectivity index (χ3v) is 6.88. The molecule has 0 spiro atoms. The number of carbonyl (C=O) groups is 3. The van der Waals surface area contributed by atoms with E-state index >= 15 is 0 Å². The smallest absolute Gasteiger partial charge is 0.253 e. The number of amides is 3. The van der Waals surface area contributed by atoms with Crippen molar-refractivity contribution in [3.8, 4) is 5.75 Å². The minimum Gasteiger partial charge on any atom is -0.489 e. The topological polar surface area (TPSA) is 88.2 Å². The van der Waals surface area contributed by atoms with Crippen LogP contribution in [-0.2, 0) is 32.8 Å². The molecule has 2 aromatic carbocycles. The molecule has 0 bridgehead atoms. The maximum atomic E-state index is 13.3. The number of morpholine rings is 1. The summed E-state index contributed by atoms with van der Waals surface area (Å²) < 4.78 is 11.5. The number of nitrogens with zero attached hydrogens (tertiary/aromatic N) is 2. The number of benzene rings is 2. The van der Waals surface area contributed by atoms with Crippen LogP contribution in [0.25, 0.3) is 0 Å². The van der Waals surface area contributed by atoms with Crippen molar-refractivity contribution in [3.63, 3.8) is 0 Å². The van der Waals surface area contributed by atoms with E-state index in [0.717, 1.165) is 43.3 Å². The Labute approximate surface area is 213 Å². The van der Waals surface area contributed by atoms with Gasteiger partial charge in [0.05, 0.1) is 28.9 Å². The summed E-state index contributed by atoms with van der Waals surface area (Å²) in [5, 5.41) is 0.397. The van der Waals surface area contributed by atoms with Gasteiger partial charge in [-0.2, -0.15) is 0 Å². The Kier molecular flexibility index (Phi) is 6.70. The molecule has 3 heterocycles. The molecule has 3 aliphatic heterocycles. The Balaban J connectivity index is 1.34. The average Bonchev–Trinajstić information content (AvgIpc) is 3.07. The summed E-state index contributed by atoms with van der Waals surface area (Å²) in [5.74, 6) is -1.28. The van der Waals surface area contributed by atoms with Crippen LogP contribution in [0.4, 0.5) is 0 Å². The third-order valence-electron chi connectivity index (χ3n) is 6.88. The predicted octanol–water partition coefficient (Wildman–Crippen LogP) is -0.400. The number of fused-ring (bicyclic) bond motifs is 1. The Morgan fingerprint density at radius 2 is 1.72 bits per heavy atom. The fraction of sp³-hybridized carbons (Fsp3) is 0.400. The van der Waals surface area contributed by atoms with Gasteiger partial charge in [0.25, 0.3) is 5.91 Å². The standard InChI is InChI=1S/C25H24B3N3O5/c26-17-5-7-19(36-14-16-3-1-15(2-4-16)13-30-9-11-35-12-10-30)22-21(17)24(34)31(25(22,27)28)18-6-8-20(32)29-23(18)33/h1-5,7,18H,6,8-14H2,(H,29,32,33). The Morgan fingerprint density at radius 3 is 2.42 bits per heavy atom. The Morgan fingerprint density at radius 1 is 1.03 bits per heavy atom. The van der Waals surface area contributed by atoms with Gasteiger partial charge < -0.3 is 14.4 Å². The van der Waals surface area contributed by atoms with Crippen LogP contribution in [0.1, 0.15) is 39.9 Å². The first-order valence-electron chi connectivity index (χ1n) is 11.9. The molecule has 8 nitrogen and oxygen atoms in total. The van der Waals surface area contributed by atoms with Crippen LogP contribution in [0.3, 0.4) is 0 Å². The van der Waals surface area contributed by atoms with Crippen LogP contribution in [-0.4, -0.2) is 83.4 Å². The first-order valence-corrected chi connectivity index (χ1v) is 11.9. The van der Waals surface area contributed by atoms with E-state index in [1.165, 1.54) is 5.56 Å². The highest BCUT2D eigenvalue weighted by Crippen LogP contribution is 2.42. The lowest BCUT2D eigenvalue weighted by Gasteiger charge is -2.40. The molecule has 0 aliphatic carbocycles. The van der Waals surface area contributed by atoms with Gasteiger partial charge in [-0.1, -0.05) is 35.8 Å². The lowest BCUT2D eigenvalue weighted by Crippen LogP contribution is -2.59. The summed E-state index contributed by atoms with van der Waals surface area (Å²) >= 11 is 0. The molecule has 3 amide bonds. The van der Waals surface area contributed by atoms with Crippen molar-refractivity contribution in [2.75, 3.05) is 26.3 Å². The number of hydrogen-bond donors (Lipinski definition) is 1. The quantitative estimate of drug-likeness (QED) is 0.449. The predicted molar refractivity (Wildman–Crippen MR) is 134 cm³/mol. The molecule has 1 unspecified atom stereocenters. The van der Waals surface area contributed by atoms with Gasteiger partial charge in [0.1, 0.15) is 26.2 Å². The highest BCUT2D eigenvalue weighted by molar-refractivity contribution is 6.46. The zero-order valence-corrected chi connectivity index (χ0v) is 19.9. The summed E-state index contributed by atoms with van der Waals surface area (Å²) in [7, 11) is 19.1. The molecule has 0 saturated carbocycles. The summed E-state index contributed by atoms with van der Waals surface area (Å²) in [6.07, 6.45) is 0.195. The zero-order chi connectivity index (χ0) is 25.4. The second-order valence-electron chi connectivity index (χ2n) is 9.36. The van der Waals surface area contributed by atoms with Gasteiger partial charge >= 0.3 is 0 Å². The molecule has 11 heteroatoms. The van der Waals surface area contributed by atoms with Crippen molar-refractivity contribution in [1.82, 2.24) is 15.1 Å². The number of piperidine rings is 1. The van der Waals surface area contributed by atoms with E-state index in [2.05, 4.69) is 22.3 Å². The van der Waals surface area contributed by atoms with Crippen LogP contribution in [0.2, 0.25) is 0 Å². The molecule has 2 fully saturated rings. The number of carbonyl (C=O) groups excluding carboxylic acids is 3. The lowest BCUT2D eigenvalue weighted by molar-refractivity contribution is -0.137. The van der Waals surface area contributed by atoms with Gasteiger partial charge in [-0.05, 0) is 29.0 Å². The van der Waals surface area contributed by atoms with Crippen LogP contribution >= 0.6 is 0 Å². The molecule has 0 aromatic heterocycles. The van der Waals surface area contributed by atoms with Crippen LogP contribution in [0.15, 0.2) is 36.4 Å². The number of nitrogens with one attached hydrogen (secondary N) is 1. The largest absolute Gasteiger partial charge is 0.489 e. The van der Waals surface area contributed by atoms with Gasteiger partial charge in [0.15, 0.2) is 0 Å². The molecule has 2 aromatic rings. The average molecular weight is 479 g/mol. The summed E-state index contributed by atoms with van der Waals surface area (Å²) in [4.78, 5) is 40.9. The van der Waals surface area contributed by atoms with Gasteiger partial charge in [-0.3, -0.25) is 24.6 Å². The van der Waals surface area contributed by atoms with Crippen molar-refractivity contribution in [2.24, 2.45) is 0 Å². The number of ether oxygens (including phenoxy) is 2. The fourth-order valence-electron chi connectivity index (χ4n) is 5.00. The number of imide groups is 1. The van der Waals surface area contributed by atoms with E-state index in [1.54, 1.807) is 12.1 Å². The SMILES string of the molecule is [B]c1ccc(OCc2ccc(CN3CCOCC3)cc2)c2c1C(=O)N(C1CCC(=O)NC1=O)C2([B])[B]. The molecule has 1 N–H and O–H groups in total. The molecule has 6 radical (unpaired) electrons. The van der Waals surface area contributed by atoms with Gasteiger partial charge in [-0.15, -0.1) is 0 Å². The van der Waals surface area contributed by atoms with E-state index in [1.807, 2.05) is 12.1 Å². The number of hydrogen-bond acceptors (Lipinski definition) is 6. The van der Waals surface area contributed by atoms with Gasteiger partial charge in [-0.25, -0.2) is 0 Å². The van der Waals surface area contributed by atoms with Gasteiger partial charge in [0.2, 0.25) is 11.8 Å². The second-order valence-corrected chi connectivity index (χ2v) is 9.36. The molecule has 2 saturated heterocycles. The fourth-order valence-corrected chi connectivity index (χ4v) is 5.00. The molecular weight excluding hydrogens is 455 g/mol. The second kappa shape index (κ2) is 9.79. The zero-order valence-electron chi connectivity index (χ0n) is 19.9. The van der Waals surface area contributed by atoms with Crippen LogP contribution in [0, 0.1) is 0 Å². The van der Waals surface area contributed by atoms with E-state index < -0.39 is 29.1 Å². The third kappa shape index (κ3) is 4.57. The van der Waals surface area contributed by atoms with Crippen molar-refractivity contribution >= 4 is 46.7 Å². The molecule has 1 atom stereocenters. The highest BCUT2D eigenvalue weighted by atomic mass is 16.5. The first kappa shape index (κ1) is 24.7. The Hall–Kier alpha value is -3.04. The van der Waals surface area contributed by atoms with Gasteiger partial charge in [0, 0.05) is 37.2 Å². The molecule has 36 heavy (non-hydrogen) atoms. The monoisotopic (exact) mass is 479 g/mol. The van der Waals surface area contributed by atoms with Crippen molar-refractivity contribution in [1.29, 1.82) is 0 Å². The molecule has 3 aliphatic rings. The van der Waals surface area contributed by atoms with E-state index in [4.69, 9.17) is 33.0 Å². The Bertz CT molecular complexity index is 1200. The summed E-state index contributed by atoms with van der Waals surface area (Å²) in [6, 6.07) is 10.3. The minimum absolute atomic E-state index is 0.0764. The summed E-state index contributed by atoms with van der Waals surface area (Å²) in [5.41, 5.74) is 2.65. The maximum absolute atomic E-state index is 13.3. The maximum Gasteiger partial charge on any atom is 0.253 e. The molecular formula is C25H24B3N3O5. The molecule has 178 valence electrons. The van der Waals surface area contributed by atoms with E-state index in [0.29, 0.717) is 5.75 Å². The lowest BCUT2D eigenvalue weighted by atomic mass is 9.57. The van der Waals surface area contributed by atoms with Crippen molar-refractivity contribution in [3.05, 3.63) is 58.7 Å². The van der Waals surface area contributed by atoms with Crippen LogP contribution in [0.5, 0.6) is 5.75 Å². The van der Waals surface area contributed by atoms with Crippen molar-refractivity contribution in [2.45, 2.75) is 37.4 Å². The van der Waals surface area contributed by atoms with Crippen LogP contribution < -0.4 is 15.5 Å². The van der Waals surface area contributed by atoms with Crippen molar-refractivity contribution < 1.29 is 23.9 Å². The van der Waals surface area contributed by atoms with E-state index in [9.17, 15) is 14.4 Å². The molecule has 5 rings (SSSR count). The normalized spacial score (nSPS) is 21.8. The number of rotatable bonds is 6. The first-order chi connectivity index (χ1) is 17.3. The minimum atomic E-state index is -1.85. The summed E-state index contributed by atoms with van der Waals surface area (Å²) in [6.45, 7) is 4.42. The van der Waals surface area contributed by atoms with E-state index in [-0.39, 0.29) is 36.0 Å². The highest BCUT2D eigenvalue weighted by Gasteiger charge is 2.50.